The fourth-order valence-electron chi connectivity index (χ4n) is 8.67. The first-order chi connectivity index (χ1) is 26.7. The normalized spacial score (nSPS) is 11.9. The van der Waals surface area contributed by atoms with Crippen LogP contribution in [-0.2, 0) is 0 Å². The molecule has 0 atom stereocenters. The van der Waals surface area contributed by atoms with Crippen molar-refractivity contribution in [2.75, 3.05) is 14.2 Å². The molecular formula is C50H32N2O2. The molecular weight excluding hydrogens is 661 g/mol. The molecule has 54 heavy (non-hydrogen) atoms. The molecule has 254 valence electrons. The number of aromatic nitrogens is 2. The molecule has 0 unspecified atom stereocenters. The second-order valence-corrected chi connectivity index (χ2v) is 14.0. The van der Waals surface area contributed by atoms with Crippen LogP contribution >= 0.6 is 0 Å². The number of hydrogen-bond acceptors (Lipinski definition) is 4. The van der Waals surface area contributed by atoms with Gasteiger partial charge in [0.2, 0.25) is 0 Å². The van der Waals surface area contributed by atoms with Gasteiger partial charge < -0.3 is 9.47 Å². The van der Waals surface area contributed by atoms with Gasteiger partial charge in [-0.2, -0.15) is 0 Å². The average molecular weight is 693 g/mol. The Bertz CT molecular complexity index is 3330. The zero-order chi connectivity index (χ0) is 35.9. The molecule has 0 saturated carbocycles. The highest BCUT2D eigenvalue weighted by Gasteiger charge is 2.21. The van der Waals surface area contributed by atoms with Crippen LogP contribution in [0.2, 0.25) is 0 Å². The first-order valence-corrected chi connectivity index (χ1v) is 18.2. The topological polar surface area (TPSA) is 44.2 Å². The average Bonchev–Trinajstić information content (AvgIpc) is 3.24. The summed E-state index contributed by atoms with van der Waals surface area (Å²) < 4.78 is 11.1. The first kappa shape index (κ1) is 30.6. The van der Waals surface area contributed by atoms with Gasteiger partial charge in [0.25, 0.3) is 0 Å². The maximum Gasteiger partial charge on any atom is 0.118 e. The van der Waals surface area contributed by atoms with Crippen molar-refractivity contribution in [3.8, 4) is 33.8 Å². The summed E-state index contributed by atoms with van der Waals surface area (Å²) in [5.74, 6) is 1.62. The van der Waals surface area contributed by atoms with E-state index >= 15 is 0 Å². The smallest absolute Gasteiger partial charge is 0.118 e. The SMILES string of the molecule is COc1ccc(-c2ccc3nc4c5ccc6ccc7ccccc7c6c5c5c(ccc6ccc7ccccc7c65)c4nc3c2-c2ccc(OC)cc2)cc1. The molecule has 0 radical (unpaired) electrons. The molecule has 0 fully saturated rings. The van der Waals surface area contributed by atoms with E-state index in [1.54, 1.807) is 14.2 Å². The number of methoxy groups -OCH3 is 2. The Labute approximate surface area is 310 Å². The van der Waals surface area contributed by atoms with E-state index in [1.807, 2.05) is 24.3 Å². The van der Waals surface area contributed by atoms with E-state index in [4.69, 9.17) is 19.4 Å². The van der Waals surface area contributed by atoms with Gasteiger partial charge in [0, 0.05) is 27.1 Å². The summed E-state index contributed by atoms with van der Waals surface area (Å²) in [4.78, 5) is 11.3. The van der Waals surface area contributed by atoms with Crippen LogP contribution < -0.4 is 9.47 Å². The molecule has 0 aliphatic heterocycles. The zero-order valence-electron chi connectivity index (χ0n) is 29.7. The van der Waals surface area contributed by atoms with Crippen LogP contribution in [0.4, 0.5) is 0 Å². The quantitative estimate of drug-likeness (QED) is 0.136. The molecule has 11 rings (SSSR count). The van der Waals surface area contributed by atoms with Crippen LogP contribution in [0.15, 0.2) is 158 Å². The van der Waals surface area contributed by atoms with E-state index in [0.717, 1.165) is 66.6 Å². The summed E-state index contributed by atoms with van der Waals surface area (Å²) in [6, 6.07) is 56.2. The number of fused-ring (bicyclic) bond motifs is 15. The van der Waals surface area contributed by atoms with Gasteiger partial charge >= 0.3 is 0 Å². The lowest BCUT2D eigenvalue weighted by atomic mass is 9.88. The molecule has 4 nitrogen and oxygen atoms in total. The molecule has 0 aliphatic carbocycles. The summed E-state index contributed by atoms with van der Waals surface area (Å²) in [7, 11) is 3.39. The molecule has 4 heteroatoms. The van der Waals surface area contributed by atoms with E-state index in [1.165, 1.54) is 53.9 Å². The molecule has 0 N–H and O–H groups in total. The summed E-state index contributed by atoms with van der Waals surface area (Å²) >= 11 is 0. The van der Waals surface area contributed by atoms with Crippen LogP contribution in [0.25, 0.3) is 109 Å². The highest BCUT2D eigenvalue weighted by atomic mass is 16.5. The third-order valence-electron chi connectivity index (χ3n) is 11.2. The van der Waals surface area contributed by atoms with Crippen LogP contribution in [0.3, 0.4) is 0 Å². The van der Waals surface area contributed by atoms with Crippen molar-refractivity contribution in [1.82, 2.24) is 9.97 Å². The van der Waals surface area contributed by atoms with E-state index in [-0.39, 0.29) is 0 Å². The highest BCUT2D eigenvalue weighted by molar-refractivity contribution is 6.40. The number of benzene rings is 10. The van der Waals surface area contributed by atoms with E-state index < -0.39 is 0 Å². The molecule has 0 aliphatic rings. The number of nitrogens with zero attached hydrogens (tertiary/aromatic N) is 2. The van der Waals surface area contributed by atoms with Gasteiger partial charge in [0.15, 0.2) is 0 Å². The van der Waals surface area contributed by atoms with Gasteiger partial charge in [0.1, 0.15) is 11.5 Å². The lowest BCUT2D eigenvalue weighted by Crippen LogP contribution is -1.97. The molecule has 1 aromatic heterocycles. The Morgan fingerprint density at radius 3 is 1.39 bits per heavy atom. The van der Waals surface area contributed by atoms with Crippen LogP contribution in [0.1, 0.15) is 0 Å². The second kappa shape index (κ2) is 11.7. The molecule has 10 aromatic carbocycles. The Morgan fingerprint density at radius 1 is 0.352 bits per heavy atom. The monoisotopic (exact) mass is 692 g/mol. The van der Waals surface area contributed by atoms with Gasteiger partial charge in [-0.15, -0.1) is 0 Å². The highest BCUT2D eigenvalue weighted by Crippen LogP contribution is 2.46. The predicted molar refractivity (Wildman–Crippen MR) is 226 cm³/mol. The van der Waals surface area contributed by atoms with Crippen molar-refractivity contribution in [1.29, 1.82) is 0 Å². The zero-order valence-corrected chi connectivity index (χ0v) is 29.7. The van der Waals surface area contributed by atoms with Crippen LogP contribution in [0.5, 0.6) is 11.5 Å². The van der Waals surface area contributed by atoms with Crippen molar-refractivity contribution in [3.05, 3.63) is 158 Å². The lowest BCUT2D eigenvalue weighted by Gasteiger charge is -2.18. The summed E-state index contributed by atoms with van der Waals surface area (Å²) in [5.41, 5.74) is 7.70. The molecule has 0 amide bonds. The molecule has 1 heterocycles. The number of rotatable bonds is 4. The maximum atomic E-state index is 5.71. The van der Waals surface area contributed by atoms with Gasteiger partial charge in [-0.1, -0.05) is 127 Å². The van der Waals surface area contributed by atoms with Crippen LogP contribution in [-0.4, -0.2) is 24.2 Å². The minimum atomic E-state index is 0.804. The number of hydrogen-bond donors (Lipinski definition) is 0. The minimum Gasteiger partial charge on any atom is -0.497 e. The van der Waals surface area contributed by atoms with Crippen molar-refractivity contribution in [2.45, 2.75) is 0 Å². The fourth-order valence-corrected chi connectivity index (χ4v) is 8.67. The van der Waals surface area contributed by atoms with Crippen molar-refractivity contribution < 1.29 is 9.47 Å². The minimum absolute atomic E-state index is 0.804. The van der Waals surface area contributed by atoms with E-state index in [9.17, 15) is 0 Å². The Hall–Kier alpha value is -7.04. The molecule has 0 saturated heterocycles. The first-order valence-electron chi connectivity index (χ1n) is 18.2. The summed E-state index contributed by atoms with van der Waals surface area (Å²) in [5, 5.41) is 14.4. The van der Waals surface area contributed by atoms with Gasteiger partial charge in [-0.3, -0.25) is 0 Å². The van der Waals surface area contributed by atoms with Crippen molar-refractivity contribution in [2.24, 2.45) is 0 Å². The van der Waals surface area contributed by atoms with Crippen molar-refractivity contribution in [3.63, 3.8) is 0 Å². The van der Waals surface area contributed by atoms with Gasteiger partial charge in [0.05, 0.1) is 36.3 Å². The summed E-state index contributed by atoms with van der Waals surface area (Å²) in [6.07, 6.45) is 0. The van der Waals surface area contributed by atoms with Crippen molar-refractivity contribution >= 4 is 86.7 Å². The van der Waals surface area contributed by atoms with E-state index in [0.29, 0.717) is 0 Å². The predicted octanol–water partition coefficient (Wildman–Crippen LogP) is 13.1. The summed E-state index contributed by atoms with van der Waals surface area (Å²) in [6.45, 7) is 0. The van der Waals surface area contributed by atoms with Gasteiger partial charge in [-0.05, 0) is 90.1 Å². The largest absolute Gasteiger partial charge is 0.497 e. The molecule has 0 spiro atoms. The van der Waals surface area contributed by atoms with Gasteiger partial charge in [-0.25, -0.2) is 9.97 Å². The second-order valence-electron chi connectivity index (χ2n) is 14.0. The fraction of sp³-hybridized carbons (Fsp3) is 0.0400. The Morgan fingerprint density at radius 2 is 0.833 bits per heavy atom. The number of ether oxygens (including phenoxy) is 2. The standard InChI is InChI=1S/C50H32N2O2/c1-53-35-21-15-31(16-22-35)39-27-28-42-50(45(39)34-17-23-36(54-2)24-18-34)52-49-41-26-20-33-14-12-30-8-4-6-10-38(30)44(33)47(41)46-40(48(49)51-42)25-19-32-13-11-29-7-3-5-9-37(29)43(32)46/h3-28H,1-2H3. The lowest BCUT2D eigenvalue weighted by molar-refractivity contribution is 0.414. The Kier molecular flexibility index (Phi) is 6.65. The third-order valence-corrected chi connectivity index (χ3v) is 11.2. The third kappa shape index (κ3) is 4.44. The van der Waals surface area contributed by atoms with Crippen LogP contribution in [0, 0.1) is 0 Å². The molecule has 0 bridgehead atoms. The Balaban J connectivity index is 1.37. The maximum absolute atomic E-state index is 5.71. The van der Waals surface area contributed by atoms with E-state index in [2.05, 4.69) is 133 Å². The molecule has 11 aromatic rings.